The Morgan fingerprint density at radius 3 is 2.39 bits per heavy atom. The molecule has 1 fully saturated rings. The van der Waals surface area contributed by atoms with Crippen LogP contribution in [0, 0.1) is 17.4 Å². The summed E-state index contributed by atoms with van der Waals surface area (Å²) < 4.78 is 5.79. The highest BCUT2D eigenvalue weighted by Crippen LogP contribution is 2.28. The Morgan fingerprint density at radius 1 is 1.15 bits per heavy atom. The summed E-state index contributed by atoms with van der Waals surface area (Å²) in [6.45, 7) is 4.77. The van der Waals surface area contributed by atoms with Crippen molar-refractivity contribution in [1.29, 1.82) is 5.26 Å². The summed E-state index contributed by atoms with van der Waals surface area (Å²) in [6.07, 6.45) is 3.85. The molecular formula is C25H30N6O2. The van der Waals surface area contributed by atoms with Crippen LogP contribution in [0.1, 0.15) is 32.3 Å². The Kier molecular flexibility index (Phi) is 7.57. The number of carbonyl (C=O) groups is 1. The number of likely N-dealkylation sites (tertiary alicyclic amines) is 1. The van der Waals surface area contributed by atoms with Gasteiger partial charge in [0.1, 0.15) is 22.9 Å². The molecule has 0 saturated carbocycles. The molecule has 3 atom stereocenters. The minimum absolute atomic E-state index is 0.00808. The number of amides is 1. The fourth-order valence-corrected chi connectivity index (χ4v) is 4.06. The van der Waals surface area contributed by atoms with E-state index in [1.165, 1.54) is 0 Å². The summed E-state index contributed by atoms with van der Waals surface area (Å²) in [6, 6.07) is 16.2. The van der Waals surface area contributed by atoms with Crippen LogP contribution < -0.4 is 21.9 Å². The van der Waals surface area contributed by atoms with Crippen LogP contribution in [-0.4, -0.2) is 35.3 Å². The lowest BCUT2D eigenvalue weighted by Gasteiger charge is -2.24. The molecule has 0 aliphatic carbocycles. The van der Waals surface area contributed by atoms with Gasteiger partial charge in [0.25, 0.3) is 5.91 Å². The highest BCUT2D eigenvalue weighted by Gasteiger charge is 2.31. The van der Waals surface area contributed by atoms with Gasteiger partial charge in [-0.15, -0.1) is 0 Å². The number of hydrogen-bond donors (Lipinski definition) is 3. The van der Waals surface area contributed by atoms with Crippen molar-refractivity contribution in [2.24, 2.45) is 28.1 Å². The second-order valence-corrected chi connectivity index (χ2v) is 8.32. The Hall–Kier alpha value is -3.99. The molecule has 6 N–H and O–H groups in total. The van der Waals surface area contributed by atoms with E-state index in [2.05, 4.69) is 18.1 Å². The smallest absolute Gasteiger partial charge is 0.254 e. The molecule has 8 heteroatoms. The van der Waals surface area contributed by atoms with Crippen molar-refractivity contribution in [2.75, 3.05) is 6.54 Å². The van der Waals surface area contributed by atoms with Gasteiger partial charge in [0.2, 0.25) is 0 Å². The van der Waals surface area contributed by atoms with Crippen LogP contribution >= 0.6 is 0 Å². The molecule has 3 unspecified atom stereocenters. The standard InChI is InChI=1S/C25H30N6O2/c1-16-12-13-31(15-26)21(16)14-17(2)30-24(28)22(25(29)32)23(27)18-8-10-20(11-9-18)33-19-6-4-3-5-7-19/h3-11,16-17,21H,12-14,27H2,1-2H3,(H2,28,30)(H2,29,32). The lowest BCUT2D eigenvalue weighted by molar-refractivity contribution is -0.114. The van der Waals surface area contributed by atoms with Crippen molar-refractivity contribution in [2.45, 2.75) is 38.8 Å². The number of nitrogens with zero attached hydrogens (tertiary/aromatic N) is 3. The van der Waals surface area contributed by atoms with Crippen LogP contribution in [0.25, 0.3) is 5.70 Å². The van der Waals surface area contributed by atoms with Crippen LogP contribution in [0.15, 0.2) is 65.2 Å². The minimum Gasteiger partial charge on any atom is -0.457 e. The monoisotopic (exact) mass is 446 g/mol. The Labute approximate surface area is 194 Å². The van der Waals surface area contributed by atoms with E-state index in [0.717, 1.165) is 13.0 Å². The molecule has 0 radical (unpaired) electrons. The molecule has 2 aromatic carbocycles. The van der Waals surface area contributed by atoms with Crippen molar-refractivity contribution in [3.8, 4) is 17.7 Å². The first kappa shape index (κ1) is 23.7. The fourth-order valence-electron chi connectivity index (χ4n) is 4.06. The molecule has 1 saturated heterocycles. The van der Waals surface area contributed by atoms with Gasteiger partial charge < -0.3 is 26.8 Å². The number of hydrogen-bond acceptors (Lipinski definition) is 6. The van der Waals surface area contributed by atoms with E-state index >= 15 is 0 Å². The van der Waals surface area contributed by atoms with E-state index in [0.29, 0.717) is 29.4 Å². The van der Waals surface area contributed by atoms with E-state index in [1.54, 1.807) is 29.2 Å². The summed E-state index contributed by atoms with van der Waals surface area (Å²) in [7, 11) is 0. The van der Waals surface area contributed by atoms with Crippen LogP contribution in [0.3, 0.4) is 0 Å². The number of amidine groups is 1. The van der Waals surface area contributed by atoms with Crippen molar-refractivity contribution in [3.63, 3.8) is 0 Å². The third-order valence-corrected chi connectivity index (χ3v) is 5.87. The quantitative estimate of drug-likeness (QED) is 0.246. The van der Waals surface area contributed by atoms with Gasteiger partial charge in [-0.3, -0.25) is 9.79 Å². The molecular weight excluding hydrogens is 416 g/mol. The molecule has 0 spiro atoms. The zero-order valence-corrected chi connectivity index (χ0v) is 18.9. The fraction of sp³-hybridized carbons (Fsp3) is 0.320. The predicted molar refractivity (Wildman–Crippen MR) is 129 cm³/mol. The van der Waals surface area contributed by atoms with E-state index < -0.39 is 5.91 Å². The van der Waals surface area contributed by atoms with Gasteiger partial charge in [-0.2, -0.15) is 5.26 Å². The lowest BCUT2D eigenvalue weighted by atomic mass is 9.97. The minimum atomic E-state index is -0.751. The molecule has 1 aliphatic heterocycles. The molecule has 33 heavy (non-hydrogen) atoms. The van der Waals surface area contributed by atoms with Gasteiger partial charge in [0, 0.05) is 12.6 Å². The number of rotatable bonds is 8. The zero-order valence-electron chi connectivity index (χ0n) is 18.9. The number of aliphatic imine (C=N–C) groups is 1. The first-order valence-electron chi connectivity index (χ1n) is 10.9. The van der Waals surface area contributed by atoms with Gasteiger partial charge in [-0.05, 0) is 67.6 Å². The molecule has 8 nitrogen and oxygen atoms in total. The van der Waals surface area contributed by atoms with Crippen LogP contribution in [-0.2, 0) is 4.79 Å². The maximum absolute atomic E-state index is 12.2. The number of benzene rings is 2. The van der Waals surface area contributed by atoms with Gasteiger partial charge >= 0.3 is 0 Å². The average molecular weight is 447 g/mol. The van der Waals surface area contributed by atoms with E-state index in [1.807, 2.05) is 37.3 Å². The van der Waals surface area contributed by atoms with Gasteiger partial charge in [0.05, 0.1) is 11.7 Å². The Morgan fingerprint density at radius 2 is 1.79 bits per heavy atom. The van der Waals surface area contributed by atoms with Crippen molar-refractivity contribution < 1.29 is 9.53 Å². The van der Waals surface area contributed by atoms with Crippen LogP contribution in [0.4, 0.5) is 0 Å². The number of primary amides is 1. The average Bonchev–Trinajstić information content (AvgIpc) is 3.13. The van der Waals surface area contributed by atoms with Crippen LogP contribution in [0.5, 0.6) is 11.5 Å². The highest BCUT2D eigenvalue weighted by molar-refractivity contribution is 6.24. The zero-order chi connectivity index (χ0) is 24.0. The van der Waals surface area contributed by atoms with Crippen LogP contribution in [0.2, 0.25) is 0 Å². The normalized spacial score (nSPS) is 20.0. The maximum Gasteiger partial charge on any atom is 0.254 e. The summed E-state index contributed by atoms with van der Waals surface area (Å²) in [5.41, 5.74) is 18.8. The third-order valence-electron chi connectivity index (χ3n) is 5.87. The molecule has 1 amide bonds. The van der Waals surface area contributed by atoms with Gasteiger partial charge in [-0.1, -0.05) is 25.1 Å². The number of carbonyl (C=O) groups excluding carboxylic acids is 1. The molecule has 3 rings (SSSR count). The second-order valence-electron chi connectivity index (χ2n) is 8.32. The molecule has 2 aromatic rings. The largest absolute Gasteiger partial charge is 0.457 e. The number of ether oxygens (including phenoxy) is 1. The van der Waals surface area contributed by atoms with Gasteiger partial charge in [-0.25, -0.2) is 0 Å². The van der Waals surface area contributed by atoms with Crippen molar-refractivity contribution >= 4 is 17.4 Å². The van der Waals surface area contributed by atoms with Crippen molar-refractivity contribution in [3.05, 3.63) is 65.7 Å². The van der Waals surface area contributed by atoms with E-state index in [-0.39, 0.29) is 29.2 Å². The second kappa shape index (κ2) is 10.6. The van der Waals surface area contributed by atoms with E-state index in [9.17, 15) is 10.1 Å². The number of nitriles is 1. The Balaban J connectivity index is 1.79. The Bertz CT molecular complexity index is 1070. The number of para-hydroxylation sites is 1. The summed E-state index contributed by atoms with van der Waals surface area (Å²) >= 11 is 0. The van der Waals surface area contributed by atoms with Crippen molar-refractivity contribution in [1.82, 2.24) is 4.90 Å². The topological polar surface area (TPSA) is 144 Å². The summed E-state index contributed by atoms with van der Waals surface area (Å²) in [5, 5.41) is 9.33. The van der Waals surface area contributed by atoms with Gasteiger partial charge in [0.15, 0.2) is 6.19 Å². The first-order valence-corrected chi connectivity index (χ1v) is 10.9. The third kappa shape index (κ3) is 5.83. The van der Waals surface area contributed by atoms with E-state index in [4.69, 9.17) is 21.9 Å². The molecule has 172 valence electrons. The lowest BCUT2D eigenvalue weighted by Crippen LogP contribution is -2.33. The maximum atomic E-state index is 12.2. The summed E-state index contributed by atoms with van der Waals surface area (Å²) in [5.74, 6) is 0.964. The predicted octanol–water partition coefficient (Wildman–Crippen LogP) is 2.96. The molecule has 1 heterocycles. The molecule has 0 aromatic heterocycles. The number of nitrogens with two attached hydrogens (primary N) is 3. The molecule has 0 bridgehead atoms. The SMILES string of the molecule is CC(CC1C(C)CCN1C#N)N=C(N)C(C(N)=O)=C(N)c1ccc(Oc2ccccc2)cc1. The highest BCUT2D eigenvalue weighted by atomic mass is 16.5. The summed E-state index contributed by atoms with van der Waals surface area (Å²) in [4.78, 5) is 18.5. The molecule has 1 aliphatic rings. The first-order chi connectivity index (χ1) is 15.8.